The second-order valence-electron chi connectivity index (χ2n) is 8.52. The number of carbonyl (C=O) groups is 1. The third-order valence-electron chi connectivity index (χ3n) is 6.48. The number of carbonyl (C=O) groups excluding carboxylic acids is 1. The van der Waals surface area contributed by atoms with Crippen molar-refractivity contribution in [2.75, 3.05) is 13.7 Å². The Kier molecular flexibility index (Phi) is 5.25. The zero-order valence-corrected chi connectivity index (χ0v) is 18.9. The average Bonchev–Trinajstić information content (AvgIpc) is 3.11. The lowest BCUT2D eigenvalue weighted by atomic mass is 9.97. The van der Waals surface area contributed by atoms with Crippen LogP contribution in [0, 0.1) is 13.8 Å². The number of methoxy groups -OCH3 is 1. The van der Waals surface area contributed by atoms with Crippen LogP contribution in [-0.4, -0.2) is 24.5 Å². The molecule has 166 valence electrons. The van der Waals surface area contributed by atoms with Crippen molar-refractivity contribution < 1.29 is 13.9 Å². The van der Waals surface area contributed by atoms with Crippen LogP contribution in [0.5, 0.6) is 5.75 Å². The second-order valence-corrected chi connectivity index (χ2v) is 8.52. The molecule has 1 aliphatic rings. The van der Waals surface area contributed by atoms with Crippen molar-refractivity contribution >= 4 is 16.9 Å². The molecule has 33 heavy (non-hydrogen) atoms. The minimum absolute atomic E-state index is 0.136. The van der Waals surface area contributed by atoms with E-state index in [0.29, 0.717) is 35.2 Å². The van der Waals surface area contributed by atoms with E-state index in [1.54, 1.807) is 12.0 Å². The number of fused-ring (bicyclic) bond motifs is 2. The molecule has 3 aromatic carbocycles. The molecule has 4 aromatic rings. The molecule has 0 saturated carbocycles. The highest BCUT2D eigenvalue weighted by Gasteiger charge is 2.42. The first-order chi connectivity index (χ1) is 16.0. The topological polar surface area (TPSA) is 59.8 Å². The van der Waals surface area contributed by atoms with Crippen LogP contribution in [0.4, 0.5) is 0 Å². The second kappa shape index (κ2) is 8.24. The van der Waals surface area contributed by atoms with Crippen LogP contribution in [0.25, 0.3) is 11.0 Å². The predicted molar refractivity (Wildman–Crippen MR) is 128 cm³/mol. The maximum atomic E-state index is 13.7. The summed E-state index contributed by atoms with van der Waals surface area (Å²) in [5, 5.41) is 0.502. The van der Waals surface area contributed by atoms with Crippen molar-refractivity contribution in [3.05, 3.63) is 111 Å². The summed E-state index contributed by atoms with van der Waals surface area (Å²) in [7, 11) is 1.60. The first-order valence-electron chi connectivity index (χ1n) is 11.0. The first-order valence-corrected chi connectivity index (χ1v) is 11.0. The number of amides is 1. The molecule has 1 unspecified atom stereocenters. The smallest absolute Gasteiger partial charge is 0.290 e. The van der Waals surface area contributed by atoms with Gasteiger partial charge in [0, 0.05) is 6.54 Å². The third-order valence-corrected chi connectivity index (χ3v) is 6.48. The van der Waals surface area contributed by atoms with Gasteiger partial charge in [0.05, 0.1) is 24.1 Å². The minimum Gasteiger partial charge on any atom is -0.497 e. The Morgan fingerprint density at radius 1 is 0.939 bits per heavy atom. The Balaban J connectivity index is 1.68. The molecule has 2 heterocycles. The van der Waals surface area contributed by atoms with E-state index in [2.05, 4.69) is 0 Å². The highest BCUT2D eigenvalue weighted by atomic mass is 16.5. The minimum atomic E-state index is -0.534. The molecule has 1 amide bonds. The van der Waals surface area contributed by atoms with Gasteiger partial charge < -0.3 is 14.1 Å². The fourth-order valence-corrected chi connectivity index (χ4v) is 4.56. The molecule has 1 aliphatic heterocycles. The molecule has 0 aliphatic carbocycles. The zero-order chi connectivity index (χ0) is 23.1. The summed E-state index contributed by atoms with van der Waals surface area (Å²) in [6, 6.07) is 20.7. The van der Waals surface area contributed by atoms with E-state index < -0.39 is 6.04 Å². The number of aryl methyl sites for hydroxylation is 2. The van der Waals surface area contributed by atoms with Gasteiger partial charge in [-0.15, -0.1) is 0 Å². The lowest BCUT2D eigenvalue weighted by Gasteiger charge is -2.25. The standard InChI is InChI=1S/C28H25NO4/c1-17-14-22-23(15-18(17)2)33-27-24(26(22)30)25(20-10-7-11-21(16-20)32-3)29(28(27)31)13-12-19-8-5-4-6-9-19/h4-11,14-16,25H,12-13H2,1-3H3. The fourth-order valence-electron chi connectivity index (χ4n) is 4.56. The molecule has 5 heteroatoms. The Labute approximate surface area is 192 Å². The molecule has 0 saturated heterocycles. The molecule has 1 aromatic heterocycles. The van der Waals surface area contributed by atoms with E-state index in [9.17, 15) is 9.59 Å². The number of benzene rings is 3. The Morgan fingerprint density at radius 2 is 1.70 bits per heavy atom. The summed E-state index contributed by atoms with van der Waals surface area (Å²) < 4.78 is 11.5. The van der Waals surface area contributed by atoms with Crippen LogP contribution in [0.3, 0.4) is 0 Å². The Bertz CT molecular complexity index is 1420. The molecular weight excluding hydrogens is 414 g/mol. The Hall–Kier alpha value is -3.86. The van der Waals surface area contributed by atoms with Crippen molar-refractivity contribution in [1.29, 1.82) is 0 Å². The summed E-state index contributed by atoms with van der Waals surface area (Å²) in [4.78, 5) is 29.0. The van der Waals surface area contributed by atoms with E-state index in [1.807, 2.05) is 80.6 Å². The largest absolute Gasteiger partial charge is 0.497 e. The van der Waals surface area contributed by atoms with Crippen LogP contribution >= 0.6 is 0 Å². The number of ether oxygens (including phenoxy) is 1. The van der Waals surface area contributed by atoms with Gasteiger partial charge in [-0.1, -0.05) is 42.5 Å². The van der Waals surface area contributed by atoms with E-state index >= 15 is 0 Å². The first kappa shape index (κ1) is 21.0. The van der Waals surface area contributed by atoms with Crippen LogP contribution in [-0.2, 0) is 6.42 Å². The molecule has 5 nitrogen and oxygen atoms in total. The molecule has 5 rings (SSSR count). The number of nitrogens with zero attached hydrogens (tertiary/aromatic N) is 1. The lowest BCUT2D eigenvalue weighted by molar-refractivity contribution is 0.0730. The number of hydrogen-bond acceptors (Lipinski definition) is 4. The molecular formula is C28H25NO4. The lowest BCUT2D eigenvalue weighted by Crippen LogP contribution is -2.31. The van der Waals surface area contributed by atoms with Gasteiger partial charge >= 0.3 is 0 Å². The number of rotatable bonds is 5. The van der Waals surface area contributed by atoms with Crippen LogP contribution in [0.2, 0.25) is 0 Å². The SMILES string of the molecule is COc1cccc(C2c3c(oc4cc(C)c(C)cc4c3=O)C(=O)N2CCc2ccccc2)c1. The summed E-state index contributed by atoms with van der Waals surface area (Å²) in [5.74, 6) is 0.552. The quantitative estimate of drug-likeness (QED) is 0.429. The van der Waals surface area contributed by atoms with E-state index in [1.165, 1.54) is 0 Å². The maximum absolute atomic E-state index is 13.7. The van der Waals surface area contributed by atoms with Gasteiger partial charge in [-0.25, -0.2) is 0 Å². The molecule has 0 fully saturated rings. The van der Waals surface area contributed by atoms with Crippen molar-refractivity contribution in [1.82, 2.24) is 4.90 Å². The van der Waals surface area contributed by atoms with E-state index in [0.717, 1.165) is 22.3 Å². The molecule has 0 N–H and O–H groups in total. The van der Waals surface area contributed by atoms with Gasteiger partial charge in [0.15, 0.2) is 5.43 Å². The van der Waals surface area contributed by atoms with Gasteiger partial charge in [0.2, 0.25) is 5.76 Å². The van der Waals surface area contributed by atoms with Gasteiger partial charge in [-0.2, -0.15) is 0 Å². The van der Waals surface area contributed by atoms with Gasteiger partial charge in [0.1, 0.15) is 11.3 Å². The van der Waals surface area contributed by atoms with Crippen molar-refractivity contribution in [2.45, 2.75) is 26.3 Å². The molecule has 0 radical (unpaired) electrons. The van der Waals surface area contributed by atoms with E-state index in [-0.39, 0.29) is 17.1 Å². The summed E-state index contributed by atoms with van der Waals surface area (Å²) >= 11 is 0. The highest BCUT2D eigenvalue weighted by molar-refractivity contribution is 5.99. The van der Waals surface area contributed by atoms with Crippen molar-refractivity contribution in [2.24, 2.45) is 0 Å². The van der Waals surface area contributed by atoms with Gasteiger partial charge in [0.25, 0.3) is 5.91 Å². The third kappa shape index (κ3) is 3.59. The fraction of sp³-hybridized carbons (Fsp3) is 0.214. The average molecular weight is 440 g/mol. The summed E-state index contributed by atoms with van der Waals surface area (Å²) in [5.41, 5.74) is 4.67. The Morgan fingerprint density at radius 3 is 2.45 bits per heavy atom. The highest BCUT2D eigenvalue weighted by Crippen LogP contribution is 2.39. The van der Waals surface area contributed by atoms with Gasteiger partial charge in [-0.05, 0) is 66.8 Å². The van der Waals surface area contributed by atoms with Crippen LogP contribution in [0.1, 0.15) is 44.4 Å². The summed E-state index contributed by atoms with van der Waals surface area (Å²) in [6.45, 7) is 4.40. The predicted octanol–water partition coefficient (Wildman–Crippen LogP) is 5.21. The normalized spacial score (nSPS) is 15.2. The van der Waals surface area contributed by atoms with Crippen LogP contribution in [0.15, 0.2) is 75.9 Å². The monoisotopic (exact) mass is 439 g/mol. The van der Waals surface area contributed by atoms with Crippen molar-refractivity contribution in [3.8, 4) is 5.75 Å². The number of hydrogen-bond donors (Lipinski definition) is 0. The molecule has 0 spiro atoms. The van der Waals surface area contributed by atoms with Crippen LogP contribution < -0.4 is 10.2 Å². The van der Waals surface area contributed by atoms with E-state index in [4.69, 9.17) is 9.15 Å². The molecule has 1 atom stereocenters. The molecule has 0 bridgehead atoms. The van der Waals surface area contributed by atoms with Crippen molar-refractivity contribution in [3.63, 3.8) is 0 Å². The zero-order valence-electron chi connectivity index (χ0n) is 18.9. The summed E-state index contributed by atoms with van der Waals surface area (Å²) in [6.07, 6.45) is 0.674. The van der Waals surface area contributed by atoms with Gasteiger partial charge in [-0.3, -0.25) is 9.59 Å². The maximum Gasteiger partial charge on any atom is 0.290 e.